The van der Waals surface area contributed by atoms with Crippen LogP contribution in [0.3, 0.4) is 0 Å². The average Bonchev–Trinajstić information content (AvgIpc) is 2.64. The van der Waals surface area contributed by atoms with E-state index in [2.05, 4.69) is 10.6 Å². The lowest BCUT2D eigenvalue weighted by Gasteiger charge is -2.16. The first-order chi connectivity index (χ1) is 12.9. The summed E-state index contributed by atoms with van der Waals surface area (Å²) in [6.45, 7) is 1.36. The Morgan fingerprint density at radius 2 is 1.78 bits per heavy atom. The second-order valence-corrected chi connectivity index (χ2v) is 7.41. The summed E-state index contributed by atoms with van der Waals surface area (Å²) in [5, 5.41) is 5.14. The normalized spacial score (nSPS) is 12.6. The largest absolute Gasteiger partial charge is 0.368 e. The summed E-state index contributed by atoms with van der Waals surface area (Å²) >= 11 is 0. The molecule has 7 nitrogen and oxygen atoms in total. The van der Waals surface area contributed by atoms with Gasteiger partial charge in [-0.1, -0.05) is 24.3 Å². The highest BCUT2D eigenvalue weighted by molar-refractivity contribution is 7.85. The maximum atomic E-state index is 12.4. The average molecular weight is 387 g/mol. The van der Waals surface area contributed by atoms with Crippen LogP contribution in [0.1, 0.15) is 23.7 Å². The molecule has 0 saturated heterocycles. The Kier molecular flexibility index (Phi) is 7.25. The van der Waals surface area contributed by atoms with Gasteiger partial charge in [-0.15, -0.1) is 0 Å². The smallest absolute Gasteiger partial charge is 0.252 e. The van der Waals surface area contributed by atoms with Gasteiger partial charge in [0.05, 0.1) is 10.8 Å². The summed E-state index contributed by atoms with van der Waals surface area (Å²) in [6, 6.07) is 14.2. The van der Waals surface area contributed by atoms with Gasteiger partial charge < -0.3 is 16.4 Å². The van der Waals surface area contributed by atoms with Crippen molar-refractivity contribution in [1.82, 2.24) is 5.32 Å². The van der Waals surface area contributed by atoms with E-state index in [-0.39, 0.29) is 23.6 Å². The van der Waals surface area contributed by atoms with Crippen LogP contribution in [0.4, 0.5) is 5.69 Å². The number of hydrogen-bond donors (Lipinski definition) is 3. The van der Waals surface area contributed by atoms with Crippen molar-refractivity contribution in [3.8, 4) is 0 Å². The van der Waals surface area contributed by atoms with Crippen molar-refractivity contribution in [1.29, 1.82) is 0 Å². The highest BCUT2D eigenvalue weighted by atomic mass is 32.2. The summed E-state index contributed by atoms with van der Waals surface area (Å²) in [5.74, 6) is -1.28. The van der Waals surface area contributed by atoms with Crippen molar-refractivity contribution in [2.24, 2.45) is 5.73 Å². The van der Waals surface area contributed by atoms with Crippen LogP contribution >= 0.6 is 0 Å². The quantitative estimate of drug-likeness (QED) is 0.635. The van der Waals surface area contributed by atoms with Gasteiger partial charge in [0.25, 0.3) is 5.91 Å². The Bertz CT molecular complexity index is 855. The van der Waals surface area contributed by atoms with Gasteiger partial charge in [0.2, 0.25) is 11.8 Å². The minimum Gasteiger partial charge on any atom is -0.368 e. The van der Waals surface area contributed by atoms with E-state index in [1.165, 1.54) is 13.0 Å². The molecule has 8 heteroatoms. The van der Waals surface area contributed by atoms with E-state index in [4.69, 9.17) is 5.73 Å². The summed E-state index contributed by atoms with van der Waals surface area (Å²) in [5.41, 5.74) is 6.12. The van der Waals surface area contributed by atoms with E-state index in [0.29, 0.717) is 10.6 Å². The van der Waals surface area contributed by atoms with Crippen molar-refractivity contribution in [2.45, 2.75) is 24.3 Å². The molecule has 142 valence electrons. The van der Waals surface area contributed by atoms with Gasteiger partial charge in [0.15, 0.2) is 0 Å². The molecule has 0 heterocycles. The molecule has 0 radical (unpaired) electrons. The first-order valence-corrected chi connectivity index (χ1v) is 9.60. The van der Waals surface area contributed by atoms with Crippen molar-refractivity contribution >= 4 is 34.2 Å². The minimum absolute atomic E-state index is 0.147. The number of benzene rings is 2. The molecule has 0 unspecified atom stereocenters. The Balaban J connectivity index is 2.01. The Morgan fingerprint density at radius 1 is 1.07 bits per heavy atom. The number of carbonyl (C=O) groups is 3. The fraction of sp³-hybridized carbons (Fsp3) is 0.211. The second-order valence-electron chi connectivity index (χ2n) is 5.84. The molecule has 4 N–H and O–H groups in total. The fourth-order valence-corrected chi connectivity index (χ4v) is 3.53. The van der Waals surface area contributed by atoms with Crippen LogP contribution in [-0.2, 0) is 20.4 Å². The maximum Gasteiger partial charge on any atom is 0.252 e. The zero-order valence-electron chi connectivity index (χ0n) is 14.8. The molecule has 0 aliphatic rings. The number of rotatable bonds is 8. The Labute approximate surface area is 159 Å². The topological polar surface area (TPSA) is 118 Å². The first kappa shape index (κ1) is 20.3. The van der Waals surface area contributed by atoms with Crippen LogP contribution in [0.5, 0.6) is 0 Å². The molecule has 2 aromatic carbocycles. The lowest BCUT2D eigenvalue weighted by Crippen LogP contribution is -2.45. The molecule has 0 saturated carbocycles. The highest BCUT2D eigenvalue weighted by Crippen LogP contribution is 2.12. The molecule has 3 amide bonds. The lowest BCUT2D eigenvalue weighted by molar-refractivity contribution is -0.120. The SMILES string of the molecule is CC(=O)Nc1cccc(C(=O)N[C@@H](CC[S@](=O)c2ccccc2)C(N)=O)c1. The molecule has 2 aromatic rings. The minimum atomic E-state index is -1.30. The lowest BCUT2D eigenvalue weighted by atomic mass is 10.1. The molecule has 0 aliphatic carbocycles. The third-order valence-corrected chi connectivity index (χ3v) is 5.10. The molecule has 0 fully saturated rings. The van der Waals surface area contributed by atoms with Crippen molar-refractivity contribution in [3.05, 3.63) is 60.2 Å². The van der Waals surface area contributed by atoms with Gasteiger partial charge in [-0.05, 0) is 36.8 Å². The Hall–Kier alpha value is -3.00. The summed E-state index contributed by atoms with van der Waals surface area (Å²) < 4.78 is 12.3. The van der Waals surface area contributed by atoms with Gasteiger partial charge in [0, 0.05) is 28.8 Å². The molecule has 0 bridgehead atoms. The van der Waals surface area contributed by atoms with E-state index < -0.39 is 28.7 Å². The van der Waals surface area contributed by atoms with E-state index in [9.17, 15) is 18.6 Å². The van der Waals surface area contributed by atoms with Crippen LogP contribution in [0, 0.1) is 0 Å². The van der Waals surface area contributed by atoms with Gasteiger partial charge in [0.1, 0.15) is 6.04 Å². The zero-order valence-corrected chi connectivity index (χ0v) is 15.6. The third kappa shape index (κ3) is 6.34. The molecule has 27 heavy (non-hydrogen) atoms. The van der Waals surface area contributed by atoms with Gasteiger partial charge in [-0.25, -0.2) is 0 Å². The molecule has 0 spiro atoms. The van der Waals surface area contributed by atoms with Crippen LogP contribution in [0.2, 0.25) is 0 Å². The van der Waals surface area contributed by atoms with Crippen molar-refractivity contribution in [3.63, 3.8) is 0 Å². The summed E-state index contributed by atoms with van der Waals surface area (Å²) in [6.07, 6.45) is 0.147. The van der Waals surface area contributed by atoms with E-state index in [1.807, 2.05) is 6.07 Å². The van der Waals surface area contributed by atoms with Gasteiger partial charge in [-0.3, -0.25) is 18.6 Å². The van der Waals surface area contributed by atoms with E-state index >= 15 is 0 Å². The zero-order chi connectivity index (χ0) is 19.8. The summed E-state index contributed by atoms with van der Waals surface area (Å²) in [7, 11) is -1.30. The van der Waals surface area contributed by atoms with E-state index in [0.717, 1.165) is 0 Å². The maximum absolute atomic E-state index is 12.4. The number of anilines is 1. The summed E-state index contributed by atoms with van der Waals surface area (Å²) in [4.78, 5) is 35.9. The second kappa shape index (κ2) is 9.63. The number of hydrogen-bond acceptors (Lipinski definition) is 4. The number of nitrogens with one attached hydrogen (secondary N) is 2. The molecule has 2 rings (SSSR count). The number of primary amides is 1. The predicted molar refractivity (Wildman–Crippen MR) is 104 cm³/mol. The number of carbonyl (C=O) groups excluding carboxylic acids is 3. The monoisotopic (exact) mass is 387 g/mol. The standard InChI is InChI=1S/C19H21N3O4S/c1-13(23)21-15-7-5-6-14(12-15)19(25)22-17(18(20)24)10-11-27(26)16-8-3-2-4-9-16/h2-9,12,17H,10-11H2,1H3,(H2,20,24)(H,21,23)(H,22,25)/t17-,27-/m0/s1. The van der Waals surface area contributed by atoms with Crippen molar-refractivity contribution in [2.75, 3.05) is 11.1 Å². The van der Waals surface area contributed by atoms with Gasteiger partial charge in [-0.2, -0.15) is 0 Å². The molecule has 0 aliphatic heterocycles. The highest BCUT2D eigenvalue weighted by Gasteiger charge is 2.20. The van der Waals surface area contributed by atoms with Crippen LogP contribution in [0.25, 0.3) is 0 Å². The van der Waals surface area contributed by atoms with Crippen LogP contribution in [-0.4, -0.2) is 33.7 Å². The van der Waals surface area contributed by atoms with Crippen LogP contribution < -0.4 is 16.4 Å². The van der Waals surface area contributed by atoms with E-state index in [1.54, 1.807) is 42.5 Å². The fourth-order valence-electron chi connectivity index (χ4n) is 2.38. The van der Waals surface area contributed by atoms with Gasteiger partial charge >= 0.3 is 0 Å². The van der Waals surface area contributed by atoms with Crippen LogP contribution in [0.15, 0.2) is 59.5 Å². The molecule has 0 aromatic heterocycles. The molecular formula is C19H21N3O4S. The Morgan fingerprint density at radius 3 is 2.41 bits per heavy atom. The predicted octanol–water partition coefficient (Wildman–Crippen LogP) is 1.43. The molecule has 2 atom stereocenters. The third-order valence-electron chi connectivity index (χ3n) is 3.69. The number of amides is 3. The molecular weight excluding hydrogens is 366 g/mol. The van der Waals surface area contributed by atoms with Crippen molar-refractivity contribution < 1.29 is 18.6 Å². The first-order valence-electron chi connectivity index (χ1n) is 8.28. The number of nitrogens with two attached hydrogens (primary N) is 1.